The molecule has 0 amide bonds. The van der Waals surface area contributed by atoms with Crippen LogP contribution in [-0.4, -0.2) is 5.97 Å². The Morgan fingerprint density at radius 2 is 0.673 bits per heavy atom. The molecule has 2 nitrogen and oxygen atoms in total. The summed E-state index contributed by atoms with van der Waals surface area (Å²) in [5.74, 6) is 0.798. The third kappa shape index (κ3) is 33.3. The summed E-state index contributed by atoms with van der Waals surface area (Å²) in [6.07, 6.45) is 66.4. The van der Waals surface area contributed by atoms with Gasteiger partial charge in [-0.25, -0.2) is 0 Å². The van der Waals surface area contributed by atoms with Gasteiger partial charge in [0.25, 0.3) is 0 Å². The van der Waals surface area contributed by atoms with Crippen LogP contribution in [0.1, 0.15) is 271 Å². The van der Waals surface area contributed by atoms with Crippen LogP contribution in [0.3, 0.4) is 0 Å². The lowest BCUT2D eigenvalue weighted by molar-refractivity contribution is -0.156. The number of hydrogen-bond acceptors (Lipinski definition) is 2. The number of ether oxygens (including phenoxy) is 1. The standard InChI is InChI=1S/C50H92O2/c1-3-5-7-9-11-13-15-17-19-21-23-25-27-29-31-33-35-37-39-41-43-45-47-49-48(50(51)52-49)46-44-42-40-38-36-34-32-30-28-26-24-22-20-18-16-14-12-10-8-6-4-2/h41-44,47-48H,3-40,45-46H2,1-2H3/b43-41+,44-42+,49-47+. The molecule has 1 fully saturated rings. The molecule has 1 heterocycles. The first-order valence-corrected chi connectivity index (χ1v) is 24.0. The topological polar surface area (TPSA) is 26.3 Å². The first-order valence-electron chi connectivity index (χ1n) is 24.0. The second kappa shape index (κ2) is 40.9. The average Bonchev–Trinajstić information content (AvgIpc) is 3.15. The second-order valence-electron chi connectivity index (χ2n) is 16.6. The van der Waals surface area contributed by atoms with Crippen molar-refractivity contribution in [2.24, 2.45) is 5.92 Å². The quantitative estimate of drug-likeness (QED) is 0.0356. The number of allylic oxidation sites excluding steroid dienone is 5. The van der Waals surface area contributed by atoms with Gasteiger partial charge in [-0.05, 0) is 44.6 Å². The van der Waals surface area contributed by atoms with E-state index in [-0.39, 0.29) is 11.9 Å². The molecule has 1 saturated heterocycles. The van der Waals surface area contributed by atoms with Crippen LogP contribution in [0.25, 0.3) is 0 Å². The maximum atomic E-state index is 12.0. The van der Waals surface area contributed by atoms with Crippen molar-refractivity contribution in [3.05, 3.63) is 36.1 Å². The number of unbranched alkanes of at least 4 members (excludes halogenated alkanes) is 36. The Morgan fingerprint density at radius 1 is 0.385 bits per heavy atom. The molecule has 0 aromatic rings. The minimum absolute atomic E-state index is 0.0418. The fourth-order valence-corrected chi connectivity index (χ4v) is 7.79. The lowest BCUT2D eigenvalue weighted by Gasteiger charge is -2.26. The van der Waals surface area contributed by atoms with Crippen molar-refractivity contribution in [2.75, 3.05) is 0 Å². The van der Waals surface area contributed by atoms with Crippen molar-refractivity contribution >= 4 is 5.97 Å². The van der Waals surface area contributed by atoms with E-state index < -0.39 is 0 Å². The Bertz CT molecular complexity index is 822. The Morgan fingerprint density at radius 3 is 0.981 bits per heavy atom. The molecule has 0 aromatic carbocycles. The molecule has 1 unspecified atom stereocenters. The Hall–Kier alpha value is -1.31. The SMILES string of the molecule is CCCCCCCCCCCCCCCCCCCC/C=C/C/C=C1/OC(=O)C1C/C=C/CCCCCCCCCCCCCCCCCCCC. The van der Waals surface area contributed by atoms with Crippen molar-refractivity contribution in [1.29, 1.82) is 0 Å². The molecule has 52 heavy (non-hydrogen) atoms. The first kappa shape index (κ1) is 48.7. The molecule has 1 aliphatic rings. The molecule has 0 radical (unpaired) electrons. The van der Waals surface area contributed by atoms with E-state index in [1.165, 1.54) is 238 Å². The number of rotatable bonds is 42. The molecule has 304 valence electrons. The molecule has 0 N–H and O–H groups in total. The lowest BCUT2D eigenvalue weighted by Crippen LogP contribution is -2.31. The van der Waals surface area contributed by atoms with Gasteiger partial charge in [0.15, 0.2) is 0 Å². The van der Waals surface area contributed by atoms with Crippen LogP contribution in [-0.2, 0) is 9.53 Å². The van der Waals surface area contributed by atoms with Gasteiger partial charge in [-0.2, -0.15) is 0 Å². The zero-order valence-corrected chi connectivity index (χ0v) is 35.6. The highest BCUT2D eigenvalue weighted by Crippen LogP contribution is 2.30. The first-order chi connectivity index (χ1) is 25.8. The predicted octanol–water partition coefficient (Wildman–Crippen LogP) is 17.8. The molecule has 2 heteroatoms. The van der Waals surface area contributed by atoms with E-state index in [1.807, 2.05) is 0 Å². The van der Waals surface area contributed by atoms with E-state index in [4.69, 9.17) is 4.74 Å². The third-order valence-corrected chi connectivity index (χ3v) is 11.5. The van der Waals surface area contributed by atoms with E-state index in [0.717, 1.165) is 25.0 Å². The van der Waals surface area contributed by atoms with E-state index in [9.17, 15) is 4.79 Å². The summed E-state index contributed by atoms with van der Waals surface area (Å²) >= 11 is 0. The maximum absolute atomic E-state index is 12.0. The fourth-order valence-electron chi connectivity index (χ4n) is 7.79. The number of hydrogen-bond donors (Lipinski definition) is 0. The molecule has 0 spiro atoms. The Balaban J connectivity index is 1.83. The summed E-state index contributed by atoms with van der Waals surface area (Å²) in [5.41, 5.74) is 0. The monoisotopic (exact) mass is 725 g/mol. The van der Waals surface area contributed by atoms with Crippen molar-refractivity contribution in [2.45, 2.75) is 271 Å². The maximum Gasteiger partial charge on any atom is 0.322 e. The van der Waals surface area contributed by atoms with Gasteiger partial charge in [-0.3, -0.25) is 4.79 Å². The van der Waals surface area contributed by atoms with Crippen molar-refractivity contribution < 1.29 is 9.53 Å². The molecule has 0 saturated carbocycles. The average molecular weight is 725 g/mol. The number of carbonyl (C=O) groups excluding carboxylic acids is 1. The minimum atomic E-state index is -0.0492. The molecule has 1 aliphatic heterocycles. The Labute approximate surface area is 327 Å². The van der Waals surface area contributed by atoms with Crippen LogP contribution >= 0.6 is 0 Å². The van der Waals surface area contributed by atoms with Crippen LogP contribution in [0.15, 0.2) is 36.1 Å². The summed E-state index contributed by atoms with van der Waals surface area (Å²) in [7, 11) is 0. The zero-order valence-electron chi connectivity index (χ0n) is 35.6. The lowest BCUT2D eigenvalue weighted by atomic mass is 9.96. The van der Waals surface area contributed by atoms with Gasteiger partial charge in [0.1, 0.15) is 11.7 Å². The van der Waals surface area contributed by atoms with Crippen molar-refractivity contribution in [1.82, 2.24) is 0 Å². The fraction of sp³-hybridized carbons (Fsp3) is 0.860. The molecule has 0 bridgehead atoms. The molecule has 1 atom stereocenters. The van der Waals surface area contributed by atoms with Gasteiger partial charge in [0.2, 0.25) is 0 Å². The molecule has 0 aliphatic carbocycles. The molecule has 1 rings (SSSR count). The van der Waals surface area contributed by atoms with Crippen LogP contribution in [0.2, 0.25) is 0 Å². The van der Waals surface area contributed by atoms with Gasteiger partial charge in [-0.15, -0.1) is 0 Å². The van der Waals surface area contributed by atoms with Gasteiger partial charge in [0.05, 0.1) is 0 Å². The van der Waals surface area contributed by atoms with Crippen molar-refractivity contribution in [3.63, 3.8) is 0 Å². The van der Waals surface area contributed by atoms with Gasteiger partial charge in [-0.1, -0.05) is 256 Å². The number of esters is 1. The van der Waals surface area contributed by atoms with E-state index >= 15 is 0 Å². The van der Waals surface area contributed by atoms with Crippen molar-refractivity contribution in [3.8, 4) is 0 Å². The molecule has 0 aromatic heterocycles. The number of carbonyl (C=O) groups is 1. The second-order valence-corrected chi connectivity index (χ2v) is 16.6. The summed E-state index contributed by atoms with van der Waals surface area (Å²) in [6, 6.07) is 0. The summed E-state index contributed by atoms with van der Waals surface area (Å²) in [4.78, 5) is 12.0. The largest absolute Gasteiger partial charge is 0.430 e. The zero-order chi connectivity index (χ0) is 37.3. The smallest absolute Gasteiger partial charge is 0.322 e. The Kier molecular flexibility index (Phi) is 38.3. The van der Waals surface area contributed by atoms with Crippen LogP contribution in [0.5, 0.6) is 0 Å². The summed E-state index contributed by atoms with van der Waals surface area (Å²) in [5, 5.41) is 0. The van der Waals surface area contributed by atoms with Crippen LogP contribution in [0.4, 0.5) is 0 Å². The molecular formula is C50H92O2. The number of cyclic esters (lactones) is 1. The van der Waals surface area contributed by atoms with Gasteiger partial charge < -0.3 is 4.74 Å². The van der Waals surface area contributed by atoms with Crippen LogP contribution in [0, 0.1) is 5.92 Å². The highest BCUT2D eigenvalue weighted by atomic mass is 16.6. The third-order valence-electron chi connectivity index (χ3n) is 11.5. The highest BCUT2D eigenvalue weighted by molar-refractivity contribution is 5.83. The molecular weight excluding hydrogens is 633 g/mol. The van der Waals surface area contributed by atoms with E-state index in [2.05, 4.69) is 44.2 Å². The predicted molar refractivity (Wildman–Crippen MR) is 232 cm³/mol. The van der Waals surface area contributed by atoms with Gasteiger partial charge in [0, 0.05) is 0 Å². The normalized spacial score (nSPS) is 15.4. The van der Waals surface area contributed by atoms with Gasteiger partial charge >= 0.3 is 5.97 Å². The summed E-state index contributed by atoms with van der Waals surface area (Å²) < 4.78 is 5.35. The summed E-state index contributed by atoms with van der Waals surface area (Å²) in [6.45, 7) is 4.60. The highest BCUT2D eigenvalue weighted by Gasteiger charge is 2.35. The van der Waals surface area contributed by atoms with E-state index in [0.29, 0.717) is 0 Å². The van der Waals surface area contributed by atoms with Crippen LogP contribution < -0.4 is 0 Å². The van der Waals surface area contributed by atoms with E-state index in [1.54, 1.807) is 0 Å². The minimum Gasteiger partial charge on any atom is -0.430 e.